The summed E-state index contributed by atoms with van der Waals surface area (Å²) < 4.78 is 9.49. The van der Waals surface area contributed by atoms with E-state index < -0.39 is 0 Å². The lowest BCUT2D eigenvalue weighted by atomic mass is 10.1. The Morgan fingerprint density at radius 3 is 2.84 bits per heavy atom. The van der Waals surface area contributed by atoms with Crippen LogP contribution in [0.1, 0.15) is 15.9 Å². The SMILES string of the molecule is CNc1cc[n+](CCNC(=O)c2ccn3c(-c4ccccc4OC)cnc3c2)cc1C. The quantitative estimate of drug-likeness (QED) is 0.454. The van der Waals surface area contributed by atoms with Crippen LogP contribution in [0.15, 0.2) is 67.3 Å². The van der Waals surface area contributed by atoms with Gasteiger partial charge in [-0.15, -0.1) is 0 Å². The standard InChI is InChI=1S/C24H25N5O2/c1-17-16-28(11-9-20(17)25-2)13-10-26-24(30)18-8-12-29-21(15-27-23(29)14-18)19-6-4-5-7-22(19)31-3/h4-9,11-12,14-16H,10,13H2,1-3H3,(H,26,30)/p+1. The van der Waals surface area contributed by atoms with Crippen molar-refractivity contribution in [3.8, 4) is 17.0 Å². The number of anilines is 1. The number of carbonyl (C=O) groups excluding carboxylic acids is 1. The lowest BCUT2D eigenvalue weighted by molar-refractivity contribution is -0.695. The Bertz CT molecular complexity index is 1230. The van der Waals surface area contributed by atoms with Crippen molar-refractivity contribution in [1.29, 1.82) is 0 Å². The molecule has 0 atom stereocenters. The zero-order valence-corrected chi connectivity index (χ0v) is 17.9. The summed E-state index contributed by atoms with van der Waals surface area (Å²) in [5.41, 5.74) is 5.41. The number of ether oxygens (including phenoxy) is 1. The summed E-state index contributed by atoms with van der Waals surface area (Å²) in [6.45, 7) is 3.29. The van der Waals surface area contributed by atoms with Crippen LogP contribution in [-0.2, 0) is 6.54 Å². The van der Waals surface area contributed by atoms with Crippen molar-refractivity contribution in [3.05, 3.63) is 78.4 Å². The number of methoxy groups -OCH3 is 1. The number of para-hydroxylation sites is 1. The zero-order valence-electron chi connectivity index (χ0n) is 17.9. The van der Waals surface area contributed by atoms with Gasteiger partial charge in [-0.25, -0.2) is 9.55 Å². The molecule has 0 aliphatic carbocycles. The van der Waals surface area contributed by atoms with Crippen LogP contribution < -0.4 is 19.9 Å². The molecule has 0 aliphatic rings. The van der Waals surface area contributed by atoms with Crippen LogP contribution in [0, 0.1) is 6.92 Å². The molecule has 1 amide bonds. The van der Waals surface area contributed by atoms with E-state index in [4.69, 9.17) is 4.74 Å². The molecule has 0 spiro atoms. The van der Waals surface area contributed by atoms with Crippen molar-refractivity contribution in [1.82, 2.24) is 14.7 Å². The smallest absolute Gasteiger partial charge is 0.251 e. The fourth-order valence-electron chi connectivity index (χ4n) is 3.66. The maximum atomic E-state index is 12.6. The first-order valence-electron chi connectivity index (χ1n) is 10.2. The average Bonchev–Trinajstić information content (AvgIpc) is 3.22. The van der Waals surface area contributed by atoms with Crippen LogP contribution in [-0.4, -0.2) is 36.0 Å². The van der Waals surface area contributed by atoms with Crippen molar-refractivity contribution in [2.75, 3.05) is 26.0 Å². The summed E-state index contributed by atoms with van der Waals surface area (Å²) in [5.74, 6) is 0.662. The first kappa shape index (κ1) is 20.4. The highest BCUT2D eigenvalue weighted by atomic mass is 16.5. The van der Waals surface area contributed by atoms with Gasteiger partial charge >= 0.3 is 0 Å². The summed E-state index contributed by atoms with van der Waals surface area (Å²) in [4.78, 5) is 17.1. The van der Waals surface area contributed by atoms with E-state index in [-0.39, 0.29) is 5.91 Å². The summed E-state index contributed by atoms with van der Waals surface area (Å²) >= 11 is 0. The molecule has 4 aromatic rings. The largest absolute Gasteiger partial charge is 0.496 e. The van der Waals surface area contributed by atoms with Crippen molar-refractivity contribution in [2.24, 2.45) is 0 Å². The number of fused-ring (bicyclic) bond motifs is 1. The van der Waals surface area contributed by atoms with E-state index in [0.717, 1.165) is 28.3 Å². The zero-order chi connectivity index (χ0) is 21.8. The van der Waals surface area contributed by atoms with Gasteiger partial charge in [0.1, 0.15) is 11.4 Å². The average molecular weight is 417 g/mol. The van der Waals surface area contributed by atoms with Crippen molar-refractivity contribution in [2.45, 2.75) is 13.5 Å². The molecule has 0 unspecified atom stereocenters. The number of imidazole rings is 1. The fourth-order valence-corrected chi connectivity index (χ4v) is 3.66. The molecule has 1 aromatic carbocycles. The first-order chi connectivity index (χ1) is 15.1. The van der Waals surface area contributed by atoms with E-state index in [0.29, 0.717) is 24.3 Å². The van der Waals surface area contributed by atoms with E-state index in [1.54, 1.807) is 19.4 Å². The normalized spacial score (nSPS) is 10.8. The lowest BCUT2D eigenvalue weighted by Crippen LogP contribution is -2.40. The molecule has 158 valence electrons. The molecule has 2 N–H and O–H groups in total. The van der Waals surface area contributed by atoms with Crippen LogP contribution in [0.2, 0.25) is 0 Å². The van der Waals surface area contributed by atoms with Gasteiger partial charge in [-0.1, -0.05) is 12.1 Å². The van der Waals surface area contributed by atoms with Crippen LogP contribution in [0.4, 0.5) is 5.69 Å². The van der Waals surface area contributed by atoms with E-state index in [9.17, 15) is 4.79 Å². The molecule has 0 fully saturated rings. The highest BCUT2D eigenvalue weighted by Crippen LogP contribution is 2.30. The van der Waals surface area contributed by atoms with Gasteiger partial charge in [0.2, 0.25) is 0 Å². The van der Waals surface area contributed by atoms with E-state index in [1.807, 2.05) is 60.2 Å². The number of pyridine rings is 2. The van der Waals surface area contributed by atoms with Gasteiger partial charge in [0.25, 0.3) is 5.91 Å². The Balaban J connectivity index is 1.46. The molecule has 31 heavy (non-hydrogen) atoms. The molecule has 0 radical (unpaired) electrons. The maximum absolute atomic E-state index is 12.6. The van der Waals surface area contributed by atoms with Crippen LogP contribution >= 0.6 is 0 Å². The maximum Gasteiger partial charge on any atom is 0.251 e. The topological polar surface area (TPSA) is 71.5 Å². The predicted octanol–water partition coefficient (Wildman–Crippen LogP) is 3.08. The Morgan fingerprint density at radius 2 is 2.06 bits per heavy atom. The second kappa shape index (κ2) is 8.87. The number of benzene rings is 1. The fraction of sp³-hybridized carbons (Fsp3) is 0.208. The molecule has 7 nitrogen and oxygen atoms in total. The number of hydrogen-bond donors (Lipinski definition) is 2. The second-order valence-corrected chi connectivity index (χ2v) is 7.27. The number of aryl methyl sites for hydroxylation is 1. The van der Waals surface area contributed by atoms with Gasteiger partial charge in [0.05, 0.1) is 25.5 Å². The Kier molecular flexibility index (Phi) is 5.84. The molecule has 4 rings (SSSR count). The molecule has 7 heteroatoms. The molecule has 3 heterocycles. The van der Waals surface area contributed by atoms with Crippen molar-refractivity contribution >= 4 is 17.2 Å². The third-order valence-electron chi connectivity index (χ3n) is 5.30. The molecule has 0 saturated carbocycles. The van der Waals surface area contributed by atoms with E-state index >= 15 is 0 Å². The van der Waals surface area contributed by atoms with Gasteiger partial charge in [-0.3, -0.25) is 9.20 Å². The van der Waals surface area contributed by atoms with Crippen LogP contribution in [0.3, 0.4) is 0 Å². The Morgan fingerprint density at radius 1 is 1.23 bits per heavy atom. The minimum absolute atomic E-state index is 0.117. The lowest BCUT2D eigenvalue weighted by Gasteiger charge is -2.09. The predicted molar refractivity (Wildman–Crippen MR) is 120 cm³/mol. The van der Waals surface area contributed by atoms with Crippen molar-refractivity contribution in [3.63, 3.8) is 0 Å². The molecular weight excluding hydrogens is 390 g/mol. The Hall–Kier alpha value is -3.87. The minimum Gasteiger partial charge on any atom is -0.496 e. The molecule has 0 bridgehead atoms. The number of amides is 1. The minimum atomic E-state index is -0.117. The molecule has 0 saturated heterocycles. The van der Waals surface area contributed by atoms with Gasteiger partial charge < -0.3 is 15.4 Å². The third kappa shape index (κ3) is 4.21. The summed E-state index contributed by atoms with van der Waals surface area (Å²) in [6.07, 6.45) is 7.73. The number of aromatic nitrogens is 3. The van der Waals surface area contributed by atoms with Gasteiger partial charge in [0.15, 0.2) is 18.9 Å². The number of carbonyl (C=O) groups is 1. The summed E-state index contributed by atoms with van der Waals surface area (Å²) in [7, 11) is 3.56. The van der Waals surface area contributed by atoms with Gasteiger partial charge in [-0.2, -0.15) is 0 Å². The van der Waals surface area contributed by atoms with Crippen molar-refractivity contribution < 1.29 is 14.1 Å². The number of nitrogens with one attached hydrogen (secondary N) is 2. The summed E-state index contributed by atoms with van der Waals surface area (Å²) in [6, 6.07) is 13.4. The highest BCUT2D eigenvalue weighted by Gasteiger charge is 2.13. The van der Waals surface area contributed by atoms with Crippen LogP contribution in [0.5, 0.6) is 5.75 Å². The number of rotatable bonds is 7. The Labute approximate surface area is 181 Å². The van der Waals surface area contributed by atoms with Gasteiger partial charge in [0, 0.05) is 41.7 Å². The summed E-state index contributed by atoms with van der Waals surface area (Å²) in [5, 5.41) is 6.14. The molecule has 3 aromatic heterocycles. The third-order valence-corrected chi connectivity index (χ3v) is 5.30. The molecule has 0 aliphatic heterocycles. The molecular formula is C24H26N5O2+. The number of hydrogen-bond acceptors (Lipinski definition) is 4. The van der Waals surface area contributed by atoms with Crippen LogP contribution in [0.25, 0.3) is 16.9 Å². The van der Waals surface area contributed by atoms with Gasteiger partial charge in [-0.05, 0) is 31.2 Å². The first-order valence-corrected chi connectivity index (χ1v) is 10.2. The monoisotopic (exact) mass is 416 g/mol. The second-order valence-electron chi connectivity index (χ2n) is 7.27. The van der Waals surface area contributed by atoms with E-state index in [1.165, 1.54) is 0 Å². The van der Waals surface area contributed by atoms with E-state index in [2.05, 4.69) is 33.3 Å². The number of nitrogens with zero attached hydrogens (tertiary/aromatic N) is 3. The highest BCUT2D eigenvalue weighted by molar-refractivity contribution is 5.95.